The fourth-order valence-electron chi connectivity index (χ4n) is 1.67. The van der Waals surface area contributed by atoms with E-state index in [0.717, 1.165) is 12.0 Å². The van der Waals surface area contributed by atoms with E-state index in [4.69, 9.17) is 11.6 Å². The zero-order valence-corrected chi connectivity index (χ0v) is 8.30. The zero-order valence-electron chi connectivity index (χ0n) is 7.55. The van der Waals surface area contributed by atoms with Crippen molar-refractivity contribution in [1.82, 2.24) is 0 Å². The molecule has 2 nitrogen and oxygen atoms in total. The first-order valence-electron chi connectivity index (χ1n) is 4.47. The van der Waals surface area contributed by atoms with E-state index in [0.29, 0.717) is 17.0 Å². The molecule has 0 amide bonds. The SMILES string of the molecule is O=C1CC(=O)c2cc(CCCl)ccc21. The van der Waals surface area contributed by atoms with Gasteiger partial charge in [0.2, 0.25) is 0 Å². The summed E-state index contributed by atoms with van der Waals surface area (Å²) in [5.41, 5.74) is 2.15. The lowest BCUT2D eigenvalue weighted by Crippen LogP contribution is -1.94. The van der Waals surface area contributed by atoms with E-state index in [2.05, 4.69) is 0 Å². The number of ketones is 2. The van der Waals surface area contributed by atoms with Crippen molar-refractivity contribution in [2.24, 2.45) is 0 Å². The van der Waals surface area contributed by atoms with Crippen molar-refractivity contribution in [3.8, 4) is 0 Å². The number of alkyl halides is 1. The number of Topliss-reactive ketones (excluding diaryl/α,β-unsaturated/α-hetero) is 2. The smallest absolute Gasteiger partial charge is 0.171 e. The Morgan fingerprint density at radius 2 is 1.86 bits per heavy atom. The Labute approximate surface area is 86.9 Å². The summed E-state index contributed by atoms with van der Waals surface area (Å²) in [6, 6.07) is 5.37. The number of carbonyl (C=O) groups excluding carboxylic acids is 2. The molecule has 0 fully saturated rings. The lowest BCUT2D eigenvalue weighted by Gasteiger charge is -2.00. The first kappa shape index (κ1) is 9.41. The highest BCUT2D eigenvalue weighted by molar-refractivity contribution is 6.24. The van der Waals surface area contributed by atoms with Crippen LogP contribution < -0.4 is 0 Å². The summed E-state index contributed by atoms with van der Waals surface area (Å²) in [4.78, 5) is 22.7. The third-order valence-corrected chi connectivity index (χ3v) is 2.58. The largest absolute Gasteiger partial charge is 0.294 e. The Bertz CT molecular complexity index is 410. The van der Waals surface area contributed by atoms with Gasteiger partial charge >= 0.3 is 0 Å². The lowest BCUT2D eigenvalue weighted by atomic mass is 10.0. The summed E-state index contributed by atoms with van der Waals surface area (Å²) in [5, 5.41) is 0. The van der Waals surface area contributed by atoms with Crippen LogP contribution in [0.15, 0.2) is 18.2 Å². The topological polar surface area (TPSA) is 34.1 Å². The summed E-state index contributed by atoms with van der Waals surface area (Å²) >= 11 is 5.60. The highest BCUT2D eigenvalue weighted by Crippen LogP contribution is 2.23. The molecular weight excluding hydrogens is 200 g/mol. The second-order valence-corrected chi connectivity index (χ2v) is 3.72. The van der Waals surface area contributed by atoms with Crippen molar-refractivity contribution in [2.45, 2.75) is 12.8 Å². The molecule has 0 unspecified atom stereocenters. The molecule has 0 radical (unpaired) electrons. The second kappa shape index (κ2) is 3.54. The standard InChI is InChI=1S/C11H9ClO2/c12-4-3-7-1-2-8-9(5-7)11(14)6-10(8)13/h1-2,5H,3-4,6H2. The van der Waals surface area contributed by atoms with Crippen LogP contribution in [-0.2, 0) is 6.42 Å². The van der Waals surface area contributed by atoms with Crippen molar-refractivity contribution in [3.63, 3.8) is 0 Å². The van der Waals surface area contributed by atoms with Crippen molar-refractivity contribution in [2.75, 3.05) is 5.88 Å². The number of aryl methyl sites for hydroxylation is 1. The zero-order chi connectivity index (χ0) is 10.1. The molecule has 0 aliphatic heterocycles. The molecule has 0 saturated heterocycles. The molecule has 1 aliphatic carbocycles. The van der Waals surface area contributed by atoms with Gasteiger partial charge < -0.3 is 0 Å². The fourth-order valence-corrected chi connectivity index (χ4v) is 1.88. The third-order valence-electron chi connectivity index (χ3n) is 2.39. The van der Waals surface area contributed by atoms with E-state index in [9.17, 15) is 9.59 Å². The molecule has 0 spiro atoms. The molecule has 72 valence electrons. The van der Waals surface area contributed by atoms with Crippen LogP contribution in [0, 0.1) is 0 Å². The number of benzene rings is 1. The predicted molar refractivity (Wildman–Crippen MR) is 54.1 cm³/mol. The van der Waals surface area contributed by atoms with Crippen LogP contribution in [0.3, 0.4) is 0 Å². The number of hydrogen-bond donors (Lipinski definition) is 0. The van der Waals surface area contributed by atoms with E-state index in [-0.39, 0.29) is 18.0 Å². The average Bonchev–Trinajstić information content (AvgIpc) is 2.43. The van der Waals surface area contributed by atoms with E-state index >= 15 is 0 Å². The van der Waals surface area contributed by atoms with Crippen molar-refractivity contribution in [1.29, 1.82) is 0 Å². The molecule has 0 aromatic heterocycles. The number of rotatable bonds is 2. The summed E-state index contributed by atoms with van der Waals surface area (Å²) in [6.45, 7) is 0. The maximum atomic E-state index is 11.4. The Hall–Kier alpha value is -1.15. The van der Waals surface area contributed by atoms with E-state index in [1.807, 2.05) is 6.07 Å². The van der Waals surface area contributed by atoms with E-state index in [1.54, 1.807) is 12.1 Å². The Morgan fingerprint density at radius 3 is 2.57 bits per heavy atom. The molecule has 2 rings (SSSR count). The third kappa shape index (κ3) is 1.46. The van der Waals surface area contributed by atoms with Gasteiger partial charge in [-0.05, 0) is 18.1 Å². The highest BCUT2D eigenvalue weighted by Gasteiger charge is 2.26. The van der Waals surface area contributed by atoms with Gasteiger partial charge in [-0.25, -0.2) is 0 Å². The first-order valence-corrected chi connectivity index (χ1v) is 5.01. The van der Waals surface area contributed by atoms with E-state index in [1.165, 1.54) is 0 Å². The van der Waals surface area contributed by atoms with E-state index < -0.39 is 0 Å². The van der Waals surface area contributed by atoms with Crippen LogP contribution in [0.1, 0.15) is 32.7 Å². The number of halogens is 1. The van der Waals surface area contributed by atoms with Gasteiger partial charge in [0.05, 0.1) is 6.42 Å². The molecule has 1 aromatic carbocycles. The summed E-state index contributed by atoms with van der Waals surface area (Å²) < 4.78 is 0. The normalized spacial score (nSPS) is 14.6. The van der Waals surface area contributed by atoms with Crippen LogP contribution in [0.25, 0.3) is 0 Å². The minimum Gasteiger partial charge on any atom is -0.294 e. The van der Waals surface area contributed by atoms with Gasteiger partial charge in [-0.2, -0.15) is 0 Å². The average molecular weight is 209 g/mol. The summed E-state index contributed by atoms with van der Waals surface area (Å²) in [7, 11) is 0. The monoisotopic (exact) mass is 208 g/mol. The minimum atomic E-state index is -0.0681. The molecule has 0 N–H and O–H groups in total. The number of fused-ring (bicyclic) bond motifs is 1. The fraction of sp³-hybridized carbons (Fsp3) is 0.273. The lowest BCUT2D eigenvalue weighted by molar-refractivity contribution is 0.0923. The van der Waals surface area contributed by atoms with Gasteiger partial charge in [0.15, 0.2) is 11.6 Å². The van der Waals surface area contributed by atoms with Crippen LogP contribution in [0.2, 0.25) is 0 Å². The molecule has 14 heavy (non-hydrogen) atoms. The van der Waals surface area contributed by atoms with Crippen LogP contribution in [-0.4, -0.2) is 17.4 Å². The van der Waals surface area contributed by atoms with Crippen molar-refractivity contribution < 1.29 is 9.59 Å². The number of carbonyl (C=O) groups is 2. The highest BCUT2D eigenvalue weighted by atomic mass is 35.5. The maximum Gasteiger partial charge on any atom is 0.171 e. The molecule has 3 heteroatoms. The maximum absolute atomic E-state index is 11.4. The molecule has 0 saturated carbocycles. The predicted octanol–water partition coefficient (Wildman–Crippen LogP) is 2.24. The van der Waals surface area contributed by atoms with Crippen molar-refractivity contribution in [3.05, 3.63) is 34.9 Å². The van der Waals surface area contributed by atoms with Gasteiger partial charge in [-0.3, -0.25) is 9.59 Å². The Morgan fingerprint density at radius 1 is 1.14 bits per heavy atom. The van der Waals surface area contributed by atoms with Gasteiger partial charge in [0.1, 0.15) is 0 Å². The quantitative estimate of drug-likeness (QED) is 0.552. The van der Waals surface area contributed by atoms with Gasteiger partial charge in [-0.1, -0.05) is 12.1 Å². The van der Waals surface area contributed by atoms with Crippen LogP contribution >= 0.6 is 11.6 Å². The van der Waals surface area contributed by atoms with Crippen molar-refractivity contribution >= 4 is 23.2 Å². The molecule has 0 atom stereocenters. The van der Waals surface area contributed by atoms with Gasteiger partial charge in [0, 0.05) is 17.0 Å². The first-order chi connectivity index (χ1) is 6.72. The molecule has 0 bridgehead atoms. The number of hydrogen-bond acceptors (Lipinski definition) is 2. The minimum absolute atomic E-state index is 0.0274. The molecule has 1 aromatic rings. The summed E-state index contributed by atoms with van der Waals surface area (Å²) in [5.74, 6) is 0.393. The summed E-state index contributed by atoms with van der Waals surface area (Å²) in [6.07, 6.45) is 0.760. The Balaban J connectivity index is 2.44. The van der Waals surface area contributed by atoms with Crippen LogP contribution in [0.4, 0.5) is 0 Å². The molecular formula is C11H9ClO2. The molecule has 0 heterocycles. The van der Waals surface area contributed by atoms with Gasteiger partial charge in [-0.15, -0.1) is 11.6 Å². The van der Waals surface area contributed by atoms with Gasteiger partial charge in [0.25, 0.3) is 0 Å². The molecule has 1 aliphatic rings. The van der Waals surface area contributed by atoms with Crippen LogP contribution in [0.5, 0.6) is 0 Å². The second-order valence-electron chi connectivity index (χ2n) is 3.34. The Kier molecular flexibility index (Phi) is 2.38.